The van der Waals surface area contributed by atoms with E-state index in [1.54, 1.807) is 0 Å². The zero-order valence-corrected chi connectivity index (χ0v) is 9.55. The predicted octanol–water partition coefficient (Wildman–Crippen LogP) is 2.54. The number of nitrogens with zero attached hydrogens (tertiary/aromatic N) is 1. The van der Waals surface area contributed by atoms with Gasteiger partial charge in [0.25, 0.3) is 0 Å². The van der Waals surface area contributed by atoms with Gasteiger partial charge in [0.1, 0.15) is 6.10 Å². The van der Waals surface area contributed by atoms with Crippen LogP contribution in [0.3, 0.4) is 0 Å². The fraction of sp³-hybridized carbons (Fsp3) is 0.455. The highest BCUT2D eigenvalue weighted by Gasteiger charge is 2.67. The summed E-state index contributed by atoms with van der Waals surface area (Å²) in [6.07, 6.45) is -7.76. The highest BCUT2D eigenvalue weighted by atomic mass is 19.4. The van der Waals surface area contributed by atoms with Crippen molar-refractivity contribution in [3.05, 3.63) is 30.1 Å². The van der Waals surface area contributed by atoms with E-state index in [0.29, 0.717) is 0 Å². The Kier molecular flexibility index (Phi) is 3.36. The van der Waals surface area contributed by atoms with Crippen LogP contribution in [0.15, 0.2) is 24.4 Å². The summed E-state index contributed by atoms with van der Waals surface area (Å²) in [4.78, 5) is 14.4. The molecule has 0 radical (unpaired) electrons. The Balaban J connectivity index is 2.44. The topological polar surface area (TPSA) is 68.7 Å². The maximum atomic E-state index is 13.2. The maximum Gasteiger partial charge on any atom is 0.506 e. The molecule has 1 saturated heterocycles. The number of alkyl halides is 3. The fourth-order valence-electron chi connectivity index (χ4n) is 2.06. The van der Waals surface area contributed by atoms with Crippen LogP contribution in [0.25, 0.3) is 0 Å². The average molecular weight is 277 g/mol. The smallest absolute Gasteiger partial charge is 0.450 e. The Morgan fingerprint density at radius 3 is 2.79 bits per heavy atom. The molecule has 0 saturated carbocycles. The van der Waals surface area contributed by atoms with E-state index in [2.05, 4.69) is 9.72 Å². The van der Waals surface area contributed by atoms with Gasteiger partial charge >= 0.3 is 12.3 Å². The lowest BCUT2D eigenvalue weighted by atomic mass is 9.92. The second-order valence-electron chi connectivity index (χ2n) is 4.01. The molecule has 2 heterocycles. The molecular formula is C11H10F3NO4. The molecule has 8 heteroatoms. The van der Waals surface area contributed by atoms with E-state index in [-0.39, 0.29) is 12.3 Å². The first kappa shape index (κ1) is 13.6. The van der Waals surface area contributed by atoms with Gasteiger partial charge in [-0.3, -0.25) is 4.98 Å². The Labute approximate surface area is 106 Å². The predicted molar refractivity (Wildman–Crippen MR) is 55.4 cm³/mol. The number of carbonyl (C=O) groups is 1. The number of aromatic nitrogens is 1. The van der Waals surface area contributed by atoms with Gasteiger partial charge in [-0.2, -0.15) is 13.2 Å². The van der Waals surface area contributed by atoms with E-state index < -0.39 is 30.5 Å². The van der Waals surface area contributed by atoms with E-state index in [1.165, 1.54) is 24.4 Å². The summed E-state index contributed by atoms with van der Waals surface area (Å²) < 4.78 is 48.8. The zero-order valence-electron chi connectivity index (χ0n) is 9.55. The van der Waals surface area contributed by atoms with Crippen LogP contribution >= 0.6 is 0 Å². The molecule has 1 aromatic rings. The molecule has 1 aliphatic heterocycles. The molecule has 0 aliphatic carbocycles. The SMILES string of the molecule is O=C(O)OC1(C(F)(F)F)CCOC1c1ccccn1. The molecule has 5 nitrogen and oxygen atoms in total. The van der Waals surface area contributed by atoms with Gasteiger partial charge in [-0.25, -0.2) is 4.79 Å². The number of rotatable bonds is 2. The van der Waals surface area contributed by atoms with E-state index >= 15 is 0 Å². The lowest BCUT2D eigenvalue weighted by Gasteiger charge is -2.33. The molecular weight excluding hydrogens is 267 g/mol. The first-order chi connectivity index (χ1) is 8.87. The number of hydrogen-bond acceptors (Lipinski definition) is 4. The molecule has 0 spiro atoms. The second kappa shape index (κ2) is 4.69. The molecule has 1 aliphatic rings. The highest BCUT2D eigenvalue weighted by Crippen LogP contribution is 2.50. The van der Waals surface area contributed by atoms with E-state index in [0.717, 1.165) is 0 Å². The summed E-state index contributed by atoms with van der Waals surface area (Å²) in [6, 6.07) is 4.36. The largest absolute Gasteiger partial charge is 0.506 e. The molecule has 0 amide bonds. The summed E-state index contributed by atoms with van der Waals surface area (Å²) in [5.74, 6) is 0. The lowest BCUT2D eigenvalue weighted by molar-refractivity contribution is -0.277. The van der Waals surface area contributed by atoms with Crippen LogP contribution in [0.2, 0.25) is 0 Å². The van der Waals surface area contributed by atoms with E-state index in [1.807, 2.05) is 0 Å². The highest BCUT2D eigenvalue weighted by molar-refractivity contribution is 5.58. The third kappa shape index (κ3) is 2.35. The molecule has 0 aromatic carbocycles. The monoisotopic (exact) mass is 277 g/mol. The van der Waals surface area contributed by atoms with Crippen molar-refractivity contribution in [2.24, 2.45) is 0 Å². The summed E-state index contributed by atoms with van der Waals surface area (Å²) in [5, 5.41) is 8.57. The van der Waals surface area contributed by atoms with Crippen LogP contribution < -0.4 is 0 Å². The van der Waals surface area contributed by atoms with Crippen molar-refractivity contribution < 1.29 is 32.5 Å². The molecule has 19 heavy (non-hydrogen) atoms. The minimum Gasteiger partial charge on any atom is -0.450 e. The third-order valence-corrected chi connectivity index (χ3v) is 2.89. The number of carboxylic acid groups (broad SMARTS) is 1. The summed E-state index contributed by atoms with van der Waals surface area (Å²) in [7, 11) is 0. The van der Waals surface area contributed by atoms with Crippen molar-refractivity contribution in [2.45, 2.75) is 24.3 Å². The molecule has 104 valence electrons. The minimum atomic E-state index is -4.88. The van der Waals surface area contributed by atoms with Crippen LogP contribution in [-0.2, 0) is 9.47 Å². The standard InChI is InChI=1S/C11H10F3NO4/c12-11(13,14)10(19-9(16)17)4-6-18-8(10)7-3-1-2-5-15-7/h1-3,5,8H,4,6H2,(H,16,17). The molecule has 1 aromatic heterocycles. The molecule has 0 bridgehead atoms. The second-order valence-corrected chi connectivity index (χ2v) is 4.01. The Morgan fingerprint density at radius 2 is 2.26 bits per heavy atom. The quantitative estimate of drug-likeness (QED) is 0.841. The maximum absolute atomic E-state index is 13.2. The van der Waals surface area contributed by atoms with Gasteiger partial charge < -0.3 is 14.6 Å². The van der Waals surface area contributed by atoms with Crippen LogP contribution in [0.5, 0.6) is 0 Å². The van der Waals surface area contributed by atoms with Gasteiger partial charge in [0.05, 0.1) is 12.3 Å². The number of halogens is 3. The van der Waals surface area contributed by atoms with Gasteiger partial charge in [-0.1, -0.05) is 6.07 Å². The number of hydrogen-bond donors (Lipinski definition) is 1. The van der Waals surface area contributed by atoms with Gasteiger partial charge in [0, 0.05) is 12.6 Å². The van der Waals surface area contributed by atoms with Crippen LogP contribution in [0, 0.1) is 0 Å². The Hall–Kier alpha value is -1.83. The summed E-state index contributed by atoms with van der Waals surface area (Å²) in [6.45, 7) is -0.256. The zero-order chi connectivity index (χ0) is 14.1. The fourth-order valence-corrected chi connectivity index (χ4v) is 2.06. The first-order valence-electron chi connectivity index (χ1n) is 5.38. The van der Waals surface area contributed by atoms with Crippen molar-refractivity contribution in [1.82, 2.24) is 4.98 Å². The summed E-state index contributed by atoms with van der Waals surface area (Å²) >= 11 is 0. The van der Waals surface area contributed by atoms with Crippen molar-refractivity contribution >= 4 is 6.16 Å². The van der Waals surface area contributed by atoms with Crippen molar-refractivity contribution in [2.75, 3.05) is 6.61 Å². The molecule has 2 atom stereocenters. The van der Waals surface area contributed by atoms with Crippen LogP contribution in [0.1, 0.15) is 18.2 Å². The van der Waals surface area contributed by atoms with Gasteiger partial charge in [0.15, 0.2) is 0 Å². The number of ether oxygens (including phenoxy) is 2. The van der Waals surface area contributed by atoms with Crippen LogP contribution in [0.4, 0.5) is 18.0 Å². The number of pyridine rings is 1. The van der Waals surface area contributed by atoms with Crippen molar-refractivity contribution in [1.29, 1.82) is 0 Å². The van der Waals surface area contributed by atoms with Crippen molar-refractivity contribution in [3.63, 3.8) is 0 Å². The Bertz CT molecular complexity index is 465. The Morgan fingerprint density at radius 1 is 1.53 bits per heavy atom. The normalized spacial score (nSPS) is 27.2. The van der Waals surface area contributed by atoms with E-state index in [4.69, 9.17) is 9.84 Å². The van der Waals surface area contributed by atoms with Gasteiger partial charge in [0.2, 0.25) is 5.60 Å². The molecule has 2 unspecified atom stereocenters. The minimum absolute atomic E-state index is 0.0152. The summed E-state index contributed by atoms with van der Waals surface area (Å²) in [5.41, 5.74) is -2.92. The third-order valence-electron chi connectivity index (χ3n) is 2.89. The first-order valence-corrected chi connectivity index (χ1v) is 5.38. The van der Waals surface area contributed by atoms with E-state index in [9.17, 15) is 18.0 Å². The molecule has 1 N–H and O–H groups in total. The molecule has 2 rings (SSSR count). The lowest BCUT2D eigenvalue weighted by Crippen LogP contribution is -2.51. The van der Waals surface area contributed by atoms with Crippen molar-refractivity contribution in [3.8, 4) is 0 Å². The average Bonchev–Trinajstić information content (AvgIpc) is 2.73. The van der Waals surface area contributed by atoms with Gasteiger partial charge in [-0.15, -0.1) is 0 Å². The van der Waals surface area contributed by atoms with Crippen LogP contribution in [-0.4, -0.2) is 34.6 Å². The molecule has 1 fully saturated rings. The van der Waals surface area contributed by atoms with Gasteiger partial charge in [-0.05, 0) is 12.1 Å².